The Labute approximate surface area is 117 Å². The molecule has 0 radical (unpaired) electrons. The Morgan fingerprint density at radius 2 is 1.95 bits per heavy atom. The molecule has 2 heterocycles. The van der Waals surface area contributed by atoms with Gasteiger partial charge in [-0.2, -0.15) is 0 Å². The highest BCUT2D eigenvalue weighted by Gasteiger charge is 2.32. The van der Waals surface area contributed by atoms with Crippen LogP contribution in [0.15, 0.2) is 0 Å². The van der Waals surface area contributed by atoms with Crippen LogP contribution in [0, 0.1) is 11.8 Å². The lowest BCUT2D eigenvalue weighted by molar-refractivity contribution is -0.139. The molecule has 2 aliphatic heterocycles. The molecule has 0 aromatic rings. The fourth-order valence-corrected chi connectivity index (χ4v) is 3.28. The molecule has 2 atom stereocenters. The molecule has 0 aromatic heterocycles. The summed E-state index contributed by atoms with van der Waals surface area (Å²) >= 11 is 0. The average Bonchev–Trinajstić information content (AvgIpc) is 2.39. The van der Waals surface area contributed by atoms with Crippen molar-refractivity contribution in [2.24, 2.45) is 11.8 Å². The van der Waals surface area contributed by atoms with Gasteiger partial charge >= 0.3 is 0 Å². The first-order valence-corrected chi connectivity index (χ1v) is 7.82. The first kappa shape index (κ1) is 14.8. The fraction of sp³-hybridized carbons (Fsp3) is 0.933. The number of piperazine rings is 1. The number of hydrogen-bond donors (Lipinski definition) is 1. The van der Waals surface area contributed by atoms with Crippen LogP contribution in [0.2, 0.25) is 0 Å². The molecule has 0 aliphatic carbocycles. The molecule has 19 heavy (non-hydrogen) atoms. The summed E-state index contributed by atoms with van der Waals surface area (Å²) in [5, 5.41) is 3.43. The first-order valence-electron chi connectivity index (χ1n) is 7.82. The Morgan fingerprint density at radius 3 is 2.53 bits per heavy atom. The lowest BCUT2D eigenvalue weighted by Crippen LogP contribution is -2.54. The van der Waals surface area contributed by atoms with Gasteiger partial charge in [-0.3, -0.25) is 9.69 Å². The van der Waals surface area contributed by atoms with E-state index in [1.165, 1.54) is 0 Å². The van der Waals surface area contributed by atoms with E-state index < -0.39 is 0 Å². The van der Waals surface area contributed by atoms with Gasteiger partial charge < -0.3 is 10.2 Å². The van der Waals surface area contributed by atoms with Crippen molar-refractivity contribution in [1.29, 1.82) is 0 Å². The zero-order valence-corrected chi connectivity index (χ0v) is 12.7. The Hall–Kier alpha value is -0.610. The molecule has 4 nitrogen and oxygen atoms in total. The summed E-state index contributed by atoms with van der Waals surface area (Å²) in [5.74, 6) is 1.29. The van der Waals surface area contributed by atoms with Crippen LogP contribution in [0.5, 0.6) is 0 Å². The molecule has 2 rings (SSSR count). The van der Waals surface area contributed by atoms with E-state index in [4.69, 9.17) is 0 Å². The molecule has 1 amide bonds. The Balaban J connectivity index is 1.81. The smallest absolute Gasteiger partial charge is 0.227 e. The molecular weight excluding hydrogens is 238 g/mol. The topological polar surface area (TPSA) is 35.6 Å². The van der Waals surface area contributed by atoms with E-state index in [9.17, 15) is 4.79 Å². The molecule has 4 heteroatoms. The summed E-state index contributed by atoms with van der Waals surface area (Å²) in [6, 6.07) is 0.343. The van der Waals surface area contributed by atoms with Crippen molar-refractivity contribution in [2.45, 2.75) is 39.7 Å². The van der Waals surface area contributed by atoms with Crippen LogP contribution < -0.4 is 5.32 Å². The second-order valence-electron chi connectivity index (χ2n) is 6.51. The van der Waals surface area contributed by atoms with Crippen LogP contribution in [0.1, 0.15) is 33.6 Å². The summed E-state index contributed by atoms with van der Waals surface area (Å²) in [6.07, 6.45) is 2.19. The highest BCUT2D eigenvalue weighted by Crippen LogP contribution is 2.20. The minimum Gasteiger partial charge on any atom is -0.340 e. The quantitative estimate of drug-likeness (QED) is 0.834. The van der Waals surface area contributed by atoms with Crippen molar-refractivity contribution in [1.82, 2.24) is 15.1 Å². The molecule has 2 unspecified atom stereocenters. The minimum atomic E-state index is 0.199. The van der Waals surface area contributed by atoms with E-state index in [1.807, 2.05) is 0 Å². The van der Waals surface area contributed by atoms with Gasteiger partial charge in [0.05, 0.1) is 5.92 Å². The summed E-state index contributed by atoms with van der Waals surface area (Å²) in [7, 11) is 0. The minimum absolute atomic E-state index is 0.199. The van der Waals surface area contributed by atoms with E-state index in [0.29, 0.717) is 17.9 Å². The monoisotopic (exact) mass is 267 g/mol. The zero-order valence-electron chi connectivity index (χ0n) is 12.7. The molecule has 2 fully saturated rings. The Bertz CT molecular complexity index is 298. The van der Waals surface area contributed by atoms with Gasteiger partial charge in [0.2, 0.25) is 5.91 Å². The maximum absolute atomic E-state index is 12.6. The zero-order chi connectivity index (χ0) is 13.8. The van der Waals surface area contributed by atoms with E-state index in [1.54, 1.807) is 0 Å². The van der Waals surface area contributed by atoms with Crippen molar-refractivity contribution < 1.29 is 4.79 Å². The van der Waals surface area contributed by atoms with E-state index >= 15 is 0 Å². The van der Waals surface area contributed by atoms with E-state index in [2.05, 4.69) is 35.9 Å². The van der Waals surface area contributed by atoms with Crippen molar-refractivity contribution in [3.63, 3.8) is 0 Å². The first-order chi connectivity index (χ1) is 9.08. The molecule has 110 valence electrons. The summed E-state index contributed by atoms with van der Waals surface area (Å²) in [4.78, 5) is 17.1. The lowest BCUT2D eigenvalue weighted by Gasteiger charge is -2.39. The number of carbonyl (C=O) groups is 1. The predicted molar refractivity (Wildman–Crippen MR) is 78.0 cm³/mol. The SMILES string of the molecule is CC(C)CN1CCN(C(=O)C2CCCNC2C)CC1. The number of amides is 1. The van der Waals surface area contributed by atoms with Gasteiger partial charge in [0.15, 0.2) is 0 Å². The number of piperidine rings is 1. The molecule has 0 saturated carbocycles. The van der Waals surface area contributed by atoms with Crippen molar-refractivity contribution in [3.8, 4) is 0 Å². The molecule has 0 bridgehead atoms. The summed E-state index contributed by atoms with van der Waals surface area (Å²) < 4.78 is 0. The van der Waals surface area contributed by atoms with Crippen molar-refractivity contribution >= 4 is 5.91 Å². The molecule has 1 N–H and O–H groups in total. The predicted octanol–water partition coefficient (Wildman–Crippen LogP) is 1.17. The summed E-state index contributed by atoms with van der Waals surface area (Å²) in [6.45, 7) is 12.8. The number of rotatable bonds is 3. The standard InChI is InChI=1S/C15H29N3O/c1-12(2)11-17-7-9-18(10-8-17)15(19)14-5-4-6-16-13(14)3/h12-14,16H,4-11H2,1-3H3. The second-order valence-corrected chi connectivity index (χ2v) is 6.51. The van der Waals surface area contributed by atoms with Crippen LogP contribution >= 0.6 is 0 Å². The molecule has 2 aliphatic rings. The van der Waals surface area contributed by atoms with Gasteiger partial charge in [0, 0.05) is 38.8 Å². The number of nitrogens with one attached hydrogen (secondary N) is 1. The highest BCUT2D eigenvalue weighted by atomic mass is 16.2. The molecule has 0 spiro atoms. The van der Waals surface area contributed by atoms with Gasteiger partial charge in [-0.05, 0) is 32.2 Å². The number of carbonyl (C=O) groups excluding carboxylic acids is 1. The third-order valence-corrected chi connectivity index (χ3v) is 4.39. The largest absolute Gasteiger partial charge is 0.340 e. The van der Waals surface area contributed by atoms with Crippen LogP contribution in [0.3, 0.4) is 0 Å². The number of hydrogen-bond acceptors (Lipinski definition) is 3. The van der Waals surface area contributed by atoms with Crippen LogP contribution in [-0.4, -0.2) is 61.0 Å². The second kappa shape index (κ2) is 6.71. The Morgan fingerprint density at radius 1 is 1.26 bits per heavy atom. The van der Waals surface area contributed by atoms with Gasteiger partial charge in [-0.15, -0.1) is 0 Å². The Kier molecular flexibility index (Phi) is 5.22. The van der Waals surface area contributed by atoms with Gasteiger partial charge in [-0.25, -0.2) is 0 Å². The van der Waals surface area contributed by atoms with Crippen LogP contribution in [-0.2, 0) is 4.79 Å². The van der Waals surface area contributed by atoms with E-state index in [0.717, 1.165) is 52.1 Å². The lowest BCUT2D eigenvalue weighted by atomic mass is 9.90. The van der Waals surface area contributed by atoms with Crippen LogP contribution in [0.4, 0.5) is 0 Å². The van der Waals surface area contributed by atoms with Crippen molar-refractivity contribution in [3.05, 3.63) is 0 Å². The highest BCUT2D eigenvalue weighted by molar-refractivity contribution is 5.79. The molecular formula is C15H29N3O. The normalized spacial score (nSPS) is 29.8. The third kappa shape index (κ3) is 3.93. The van der Waals surface area contributed by atoms with Gasteiger partial charge in [-0.1, -0.05) is 13.8 Å². The molecule has 2 saturated heterocycles. The third-order valence-electron chi connectivity index (χ3n) is 4.39. The fourth-order valence-electron chi connectivity index (χ4n) is 3.28. The number of nitrogens with zero attached hydrogens (tertiary/aromatic N) is 2. The average molecular weight is 267 g/mol. The molecule has 0 aromatic carbocycles. The maximum atomic E-state index is 12.6. The summed E-state index contributed by atoms with van der Waals surface area (Å²) in [5.41, 5.74) is 0. The van der Waals surface area contributed by atoms with Crippen molar-refractivity contribution in [2.75, 3.05) is 39.3 Å². The van der Waals surface area contributed by atoms with Crippen LogP contribution in [0.25, 0.3) is 0 Å². The van der Waals surface area contributed by atoms with Gasteiger partial charge in [0.1, 0.15) is 0 Å². The van der Waals surface area contributed by atoms with E-state index in [-0.39, 0.29) is 5.92 Å². The maximum Gasteiger partial charge on any atom is 0.227 e. The van der Waals surface area contributed by atoms with Gasteiger partial charge in [0.25, 0.3) is 0 Å².